The number of rotatable bonds is 8. The number of hydrogen-bond acceptors (Lipinski definition) is 6. The smallest absolute Gasteiger partial charge is 0.270 e. The van der Waals surface area contributed by atoms with Crippen LogP contribution in [0.1, 0.15) is 35.5 Å². The van der Waals surface area contributed by atoms with E-state index in [0.29, 0.717) is 28.7 Å². The molecule has 2 N–H and O–H groups in total. The van der Waals surface area contributed by atoms with Crippen LogP contribution >= 0.6 is 12.2 Å². The van der Waals surface area contributed by atoms with Gasteiger partial charge in [0.15, 0.2) is 5.11 Å². The van der Waals surface area contributed by atoms with Crippen molar-refractivity contribution in [3.8, 4) is 11.3 Å². The Morgan fingerprint density at radius 2 is 1.95 bits per heavy atom. The molecule has 0 aliphatic carbocycles. The van der Waals surface area contributed by atoms with E-state index >= 15 is 0 Å². The molecule has 2 aromatic carbocycles. The number of nitro benzene ring substituents is 1. The Morgan fingerprint density at radius 3 is 2.68 bits per heavy atom. The number of furan rings is 1. The molecule has 1 aliphatic heterocycles. The molecular weight excluding hydrogens is 502 g/mol. The van der Waals surface area contributed by atoms with Crippen LogP contribution in [0.15, 0.2) is 89.5 Å². The second-order valence-corrected chi connectivity index (χ2v) is 9.38. The molecule has 4 aromatic rings. The summed E-state index contributed by atoms with van der Waals surface area (Å²) in [5, 5.41) is 18.0. The fourth-order valence-electron chi connectivity index (χ4n) is 4.48. The minimum atomic E-state index is -0.437. The third-order valence-electron chi connectivity index (χ3n) is 6.37. The number of thiocarbonyl (C=S) groups is 1. The molecule has 2 aromatic heterocycles. The second-order valence-electron chi connectivity index (χ2n) is 8.99. The summed E-state index contributed by atoms with van der Waals surface area (Å²) in [7, 11) is 0. The summed E-state index contributed by atoms with van der Waals surface area (Å²) in [6.07, 6.45) is 1.92. The van der Waals surface area contributed by atoms with Crippen LogP contribution in [-0.2, 0) is 4.79 Å². The zero-order valence-corrected chi connectivity index (χ0v) is 21.4. The summed E-state index contributed by atoms with van der Waals surface area (Å²) in [4.78, 5) is 30.0. The van der Waals surface area contributed by atoms with E-state index in [4.69, 9.17) is 16.6 Å². The lowest BCUT2D eigenvalue weighted by Crippen LogP contribution is -2.32. The van der Waals surface area contributed by atoms with Crippen molar-refractivity contribution in [1.82, 2.24) is 15.2 Å². The summed E-state index contributed by atoms with van der Waals surface area (Å²) in [6, 6.07) is 22.5. The van der Waals surface area contributed by atoms with Crippen molar-refractivity contribution in [2.45, 2.75) is 25.4 Å². The van der Waals surface area contributed by atoms with Crippen LogP contribution in [0.3, 0.4) is 0 Å². The predicted molar refractivity (Wildman–Crippen MR) is 147 cm³/mol. The van der Waals surface area contributed by atoms with Gasteiger partial charge in [-0.2, -0.15) is 0 Å². The number of anilines is 1. The molecule has 9 nitrogen and oxygen atoms in total. The van der Waals surface area contributed by atoms with Gasteiger partial charge in [-0.3, -0.25) is 19.9 Å². The minimum Gasteiger partial charge on any atom is -0.459 e. The molecule has 38 heavy (non-hydrogen) atoms. The van der Waals surface area contributed by atoms with Crippen molar-refractivity contribution in [3.05, 3.63) is 112 Å². The Kier molecular flexibility index (Phi) is 7.14. The Bertz CT molecular complexity index is 1470. The van der Waals surface area contributed by atoms with E-state index in [2.05, 4.69) is 15.6 Å². The zero-order chi connectivity index (χ0) is 26.6. The maximum Gasteiger partial charge on any atom is 0.270 e. The number of nitrogens with one attached hydrogen (secondary N) is 2. The van der Waals surface area contributed by atoms with Gasteiger partial charge in [0.25, 0.3) is 5.69 Å². The van der Waals surface area contributed by atoms with E-state index in [0.717, 1.165) is 16.9 Å². The number of pyridine rings is 1. The largest absolute Gasteiger partial charge is 0.459 e. The molecule has 1 aliphatic rings. The SMILES string of the molecule is Cc1ccc(NC(=O)CCN2C(=S)N[C@H](c3ccccn3)[C@H]2c2ccc(-c3cccc([N+](=O)[O-])c3)o2)cc1. The monoisotopic (exact) mass is 527 g/mol. The van der Waals surface area contributed by atoms with Gasteiger partial charge in [0.1, 0.15) is 17.6 Å². The Balaban J connectivity index is 1.40. The fourth-order valence-corrected chi connectivity index (χ4v) is 4.81. The van der Waals surface area contributed by atoms with E-state index < -0.39 is 4.92 Å². The van der Waals surface area contributed by atoms with Crippen molar-refractivity contribution in [2.75, 3.05) is 11.9 Å². The van der Waals surface area contributed by atoms with Gasteiger partial charge in [-0.1, -0.05) is 35.9 Å². The molecule has 0 spiro atoms. The quantitative estimate of drug-likeness (QED) is 0.174. The number of nitrogens with zero attached hydrogens (tertiary/aromatic N) is 3. The lowest BCUT2D eigenvalue weighted by molar-refractivity contribution is -0.384. The van der Waals surface area contributed by atoms with Gasteiger partial charge in [0, 0.05) is 42.5 Å². The molecule has 0 unspecified atom stereocenters. The summed E-state index contributed by atoms with van der Waals surface area (Å²) in [5.74, 6) is 0.972. The highest BCUT2D eigenvalue weighted by molar-refractivity contribution is 7.80. The van der Waals surface area contributed by atoms with Crippen molar-refractivity contribution in [2.24, 2.45) is 0 Å². The average molecular weight is 528 g/mol. The molecular formula is C28H25N5O4S. The van der Waals surface area contributed by atoms with Crippen LogP contribution in [0.2, 0.25) is 0 Å². The molecule has 5 rings (SSSR count). The zero-order valence-electron chi connectivity index (χ0n) is 20.5. The Hall–Kier alpha value is -4.57. The van der Waals surface area contributed by atoms with Crippen LogP contribution in [0.5, 0.6) is 0 Å². The first-order valence-corrected chi connectivity index (χ1v) is 12.5. The number of hydrogen-bond donors (Lipinski definition) is 2. The highest BCUT2D eigenvalue weighted by Gasteiger charge is 2.41. The molecule has 1 amide bonds. The topological polar surface area (TPSA) is 114 Å². The number of nitro groups is 1. The van der Waals surface area contributed by atoms with Gasteiger partial charge in [0.2, 0.25) is 5.91 Å². The lowest BCUT2D eigenvalue weighted by atomic mass is 10.0. The van der Waals surface area contributed by atoms with Crippen LogP contribution in [0.4, 0.5) is 11.4 Å². The number of aromatic nitrogens is 1. The van der Waals surface area contributed by atoms with E-state index in [1.165, 1.54) is 12.1 Å². The van der Waals surface area contributed by atoms with Crippen LogP contribution in [0.25, 0.3) is 11.3 Å². The Morgan fingerprint density at radius 1 is 1.13 bits per heavy atom. The highest BCUT2D eigenvalue weighted by atomic mass is 32.1. The summed E-state index contributed by atoms with van der Waals surface area (Å²) < 4.78 is 6.24. The van der Waals surface area contributed by atoms with Gasteiger partial charge < -0.3 is 20.0 Å². The van der Waals surface area contributed by atoms with Crippen LogP contribution in [-0.4, -0.2) is 32.4 Å². The van der Waals surface area contributed by atoms with Gasteiger partial charge in [-0.25, -0.2) is 0 Å². The number of benzene rings is 2. The lowest BCUT2D eigenvalue weighted by Gasteiger charge is -2.25. The highest BCUT2D eigenvalue weighted by Crippen LogP contribution is 2.40. The van der Waals surface area contributed by atoms with Crippen LogP contribution < -0.4 is 10.6 Å². The molecule has 2 atom stereocenters. The first-order chi connectivity index (χ1) is 18.4. The summed E-state index contributed by atoms with van der Waals surface area (Å²) in [6.45, 7) is 2.34. The molecule has 0 bridgehead atoms. The van der Waals surface area contributed by atoms with Gasteiger partial charge in [-0.15, -0.1) is 0 Å². The Labute approximate surface area is 224 Å². The molecule has 1 saturated heterocycles. The number of non-ortho nitro benzene ring substituents is 1. The van der Waals surface area contributed by atoms with E-state index in [1.807, 2.05) is 60.4 Å². The standard InChI is InChI=1S/C28H25N5O4S/c1-18-8-10-20(11-9-18)30-25(34)14-16-32-27(26(31-28(32)38)22-7-2-3-15-29-22)24-13-12-23(37-24)19-5-4-6-21(17-19)33(35)36/h2-13,15,17,26-27H,14,16H2,1H3,(H,30,34)(H,31,38)/t26-,27-/m1/s1. The predicted octanol–water partition coefficient (Wildman–Crippen LogP) is 5.56. The normalized spacial score (nSPS) is 16.8. The van der Waals surface area contributed by atoms with Gasteiger partial charge >= 0.3 is 0 Å². The maximum atomic E-state index is 12.7. The average Bonchev–Trinajstić information content (AvgIpc) is 3.54. The molecule has 192 valence electrons. The number of amides is 1. The van der Waals surface area contributed by atoms with Crippen molar-refractivity contribution < 1.29 is 14.1 Å². The first kappa shape index (κ1) is 25.1. The fraction of sp³-hybridized carbons (Fsp3) is 0.179. The number of carbonyl (C=O) groups excluding carboxylic acids is 1. The number of carbonyl (C=O) groups is 1. The molecule has 0 radical (unpaired) electrons. The maximum absolute atomic E-state index is 12.7. The minimum absolute atomic E-state index is 0.0169. The summed E-state index contributed by atoms with van der Waals surface area (Å²) >= 11 is 5.68. The number of aryl methyl sites for hydroxylation is 1. The molecule has 3 heterocycles. The van der Waals surface area contributed by atoms with E-state index in [9.17, 15) is 14.9 Å². The van der Waals surface area contributed by atoms with Crippen LogP contribution in [0, 0.1) is 17.0 Å². The summed E-state index contributed by atoms with van der Waals surface area (Å²) in [5.41, 5.74) is 3.20. The van der Waals surface area contributed by atoms with Gasteiger partial charge in [0.05, 0.1) is 16.7 Å². The third kappa shape index (κ3) is 5.40. The second kappa shape index (κ2) is 10.8. The van der Waals surface area contributed by atoms with Crippen molar-refractivity contribution in [1.29, 1.82) is 0 Å². The van der Waals surface area contributed by atoms with E-state index in [1.54, 1.807) is 24.4 Å². The third-order valence-corrected chi connectivity index (χ3v) is 6.73. The molecule has 10 heteroatoms. The molecule has 1 fully saturated rings. The molecule has 0 saturated carbocycles. The van der Waals surface area contributed by atoms with Crippen molar-refractivity contribution >= 4 is 34.6 Å². The van der Waals surface area contributed by atoms with Crippen molar-refractivity contribution in [3.63, 3.8) is 0 Å². The van der Waals surface area contributed by atoms with E-state index in [-0.39, 0.29) is 30.1 Å². The first-order valence-electron chi connectivity index (χ1n) is 12.1. The van der Waals surface area contributed by atoms with Gasteiger partial charge in [-0.05, 0) is 55.5 Å².